The molecule has 1 aliphatic rings. The van der Waals surface area contributed by atoms with Gasteiger partial charge in [0.05, 0.1) is 12.7 Å². The number of allylic oxidation sites excluding steroid dienone is 2. The second kappa shape index (κ2) is 7.83. The highest BCUT2D eigenvalue weighted by atomic mass is 16.6. The van der Waals surface area contributed by atoms with Gasteiger partial charge in [0.2, 0.25) is 0 Å². The minimum absolute atomic E-state index is 0.0344. The summed E-state index contributed by atoms with van der Waals surface area (Å²) in [4.78, 5) is 19.9. The van der Waals surface area contributed by atoms with E-state index in [4.69, 9.17) is 15.8 Å². The van der Waals surface area contributed by atoms with E-state index in [1.807, 2.05) is 10.8 Å². The van der Waals surface area contributed by atoms with Crippen LogP contribution >= 0.6 is 0 Å². The van der Waals surface area contributed by atoms with E-state index in [-0.39, 0.29) is 6.42 Å². The summed E-state index contributed by atoms with van der Waals surface area (Å²) >= 11 is 0. The maximum absolute atomic E-state index is 10.8. The van der Waals surface area contributed by atoms with Crippen LogP contribution in [0.1, 0.15) is 44.9 Å². The lowest BCUT2D eigenvalue weighted by atomic mass is 9.82. The number of aliphatic carboxylic acids is 1. The van der Waals surface area contributed by atoms with Gasteiger partial charge in [-0.05, 0) is 24.3 Å². The molecule has 1 aromatic heterocycles. The highest BCUT2D eigenvalue weighted by Gasteiger charge is 2.23. The largest absolute Gasteiger partial charge is 0.481 e. The van der Waals surface area contributed by atoms with E-state index < -0.39 is 5.97 Å². The molecule has 0 atom stereocenters. The molecule has 0 spiro atoms. The Balaban J connectivity index is 2.20. The third kappa shape index (κ3) is 4.60. The molecule has 0 saturated heterocycles. The number of aromatic nitrogens is 2. The smallest absolute Gasteiger partial charge is 0.303 e. The monoisotopic (exact) mass is 293 g/mol. The number of hydrogen-bond acceptors (Lipinski definition) is 4. The Morgan fingerprint density at radius 1 is 1.33 bits per heavy atom. The van der Waals surface area contributed by atoms with Crippen molar-refractivity contribution in [1.29, 1.82) is 0 Å². The molecular weight excluding hydrogens is 270 g/mol. The normalized spacial score (nSPS) is 17.4. The number of nitrogens with two attached hydrogens (primary N) is 1. The van der Waals surface area contributed by atoms with Crippen LogP contribution in [0.5, 0.6) is 0 Å². The average molecular weight is 293 g/mol. The Bertz CT molecular complexity index is 476. The fraction of sp³-hybridized carbons (Fsp3) is 0.600. The number of carbonyl (C=O) groups is 1. The van der Waals surface area contributed by atoms with Crippen molar-refractivity contribution in [3.05, 3.63) is 30.1 Å². The number of carboxylic acid groups (broad SMARTS) is 1. The lowest BCUT2D eigenvalue weighted by Gasteiger charge is -2.26. The molecule has 0 aromatic carbocycles. The predicted molar refractivity (Wildman–Crippen MR) is 78.0 cm³/mol. The van der Waals surface area contributed by atoms with E-state index in [1.165, 1.54) is 19.3 Å². The van der Waals surface area contributed by atoms with Crippen molar-refractivity contribution in [3.63, 3.8) is 0 Å². The summed E-state index contributed by atoms with van der Waals surface area (Å²) in [5.41, 5.74) is 1.12. The van der Waals surface area contributed by atoms with Crippen LogP contribution < -0.4 is 5.90 Å². The molecule has 1 fully saturated rings. The van der Waals surface area contributed by atoms with Gasteiger partial charge in [-0.3, -0.25) is 4.79 Å². The Labute approximate surface area is 124 Å². The summed E-state index contributed by atoms with van der Waals surface area (Å²) in [6.45, 7) is 0.664. The fourth-order valence-electron chi connectivity index (χ4n) is 2.99. The van der Waals surface area contributed by atoms with Crippen molar-refractivity contribution in [2.24, 2.45) is 11.8 Å². The Kier molecular flexibility index (Phi) is 5.80. The number of carboxylic acids is 1. The van der Waals surface area contributed by atoms with Crippen LogP contribution in [0, 0.1) is 5.92 Å². The lowest BCUT2D eigenvalue weighted by Crippen LogP contribution is -2.18. The summed E-state index contributed by atoms with van der Waals surface area (Å²) < 4.78 is 1.98. The third-order valence-electron chi connectivity index (χ3n) is 4.08. The van der Waals surface area contributed by atoms with Crippen molar-refractivity contribution in [1.82, 2.24) is 9.55 Å². The minimum atomic E-state index is -0.838. The summed E-state index contributed by atoms with van der Waals surface area (Å²) in [7, 11) is 0. The second-order valence-electron chi connectivity index (χ2n) is 5.53. The number of hydrogen-bond donors (Lipinski definition) is 2. The molecule has 116 valence electrons. The Hall–Kier alpha value is -1.82. The zero-order valence-electron chi connectivity index (χ0n) is 12.2. The standard InChI is InChI=1S/C15H23N3O3/c16-21-14(6-7-15(19)20)13(10-18-9-8-17-11-18)12-4-2-1-3-5-12/h8-9,11-12H,1-7,10,16H2,(H,19,20). The maximum Gasteiger partial charge on any atom is 0.303 e. The molecule has 3 N–H and O–H groups in total. The van der Waals surface area contributed by atoms with Gasteiger partial charge in [0.15, 0.2) is 0 Å². The SMILES string of the molecule is NOC(CCC(=O)O)=C(Cn1ccnc1)C1CCCCC1. The van der Waals surface area contributed by atoms with Crippen molar-refractivity contribution in [2.45, 2.75) is 51.5 Å². The van der Waals surface area contributed by atoms with Gasteiger partial charge in [-0.25, -0.2) is 4.98 Å². The van der Waals surface area contributed by atoms with Gasteiger partial charge < -0.3 is 14.5 Å². The summed E-state index contributed by atoms with van der Waals surface area (Å²) in [5, 5.41) is 8.87. The van der Waals surface area contributed by atoms with Crippen LogP contribution in [0.2, 0.25) is 0 Å². The fourth-order valence-corrected chi connectivity index (χ4v) is 2.99. The van der Waals surface area contributed by atoms with Crippen molar-refractivity contribution < 1.29 is 14.7 Å². The summed E-state index contributed by atoms with van der Waals surface area (Å²) in [6, 6.07) is 0. The van der Waals surface area contributed by atoms with Gasteiger partial charge >= 0.3 is 5.97 Å². The highest BCUT2D eigenvalue weighted by Crippen LogP contribution is 2.33. The van der Waals surface area contributed by atoms with E-state index in [1.54, 1.807) is 12.5 Å². The molecule has 2 rings (SSSR count). The van der Waals surface area contributed by atoms with E-state index in [2.05, 4.69) is 4.98 Å². The molecule has 1 saturated carbocycles. The van der Waals surface area contributed by atoms with Gasteiger partial charge in [0, 0.05) is 25.4 Å². The van der Waals surface area contributed by atoms with Crippen LogP contribution in [0.15, 0.2) is 30.1 Å². The molecule has 1 heterocycles. The molecule has 1 aromatic rings. The zero-order valence-corrected chi connectivity index (χ0v) is 12.2. The second-order valence-corrected chi connectivity index (χ2v) is 5.53. The van der Waals surface area contributed by atoms with Gasteiger partial charge in [-0.2, -0.15) is 5.90 Å². The van der Waals surface area contributed by atoms with Crippen LogP contribution in [0.3, 0.4) is 0 Å². The Morgan fingerprint density at radius 3 is 2.67 bits per heavy atom. The molecule has 0 bridgehead atoms. The zero-order chi connectivity index (χ0) is 15.1. The first kappa shape index (κ1) is 15.6. The van der Waals surface area contributed by atoms with E-state index >= 15 is 0 Å². The lowest BCUT2D eigenvalue weighted by molar-refractivity contribution is -0.137. The maximum atomic E-state index is 10.8. The molecule has 6 heteroatoms. The van der Waals surface area contributed by atoms with Crippen molar-refractivity contribution >= 4 is 5.97 Å². The highest BCUT2D eigenvalue weighted by molar-refractivity contribution is 5.67. The molecule has 6 nitrogen and oxygen atoms in total. The number of rotatable bonds is 7. The quantitative estimate of drug-likeness (QED) is 0.595. The van der Waals surface area contributed by atoms with E-state index in [0.717, 1.165) is 18.4 Å². The first-order valence-corrected chi connectivity index (χ1v) is 7.47. The van der Waals surface area contributed by atoms with Crippen molar-refractivity contribution in [3.8, 4) is 0 Å². The molecule has 1 aliphatic carbocycles. The van der Waals surface area contributed by atoms with Gasteiger partial charge in [-0.1, -0.05) is 19.3 Å². The molecule has 0 amide bonds. The topological polar surface area (TPSA) is 90.4 Å². The molecular formula is C15H23N3O3. The van der Waals surface area contributed by atoms with Gasteiger partial charge in [-0.15, -0.1) is 0 Å². The molecule has 0 aliphatic heterocycles. The number of nitrogens with zero attached hydrogens (tertiary/aromatic N) is 2. The van der Waals surface area contributed by atoms with Crippen LogP contribution in [-0.2, 0) is 16.2 Å². The number of imidazole rings is 1. The molecule has 21 heavy (non-hydrogen) atoms. The van der Waals surface area contributed by atoms with Crippen LogP contribution in [0.25, 0.3) is 0 Å². The third-order valence-corrected chi connectivity index (χ3v) is 4.08. The van der Waals surface area contributed by atoms with Crippen molar-refractivity contribution in [2.75, 3.05) is 0 Å². The Morgan fingerprint density at radius 2 is 2.10 bits per heavy atom. The first-order valence-electron chi connectivity index (χ1n) is 7.47. The van der Waals surface area contributed by atoms with Crippen LogP contribution in [-0.4, -0.2) is 20.6 Å². The van der Waals surface area contributed by atoms with E-state index in [9.17, 15) is 4.79 Å². The summed E-state index contributed by atoms with van der Waals surface area (Å²) in [6.07, 6.45) is 11.7. The first-order chi connectivity index (χ1) is 10.2. The molecule has 0 radical (unpaired) electrons. The van der Waals surface area contributed by atoms with Gasteiger partial charge in [0.25, 0.3) is 0 Å². The predicted octanol–water partition coefficient (Wildman–Crippen LogP) is 2.47. The van der Waals surface area contributed by atoms with Gasteiger partial charge in [0.1, 0.15) is 5.76 Å². The van der Waals surface area contributed by atoms with Crippen LogP contribution in [0.4, 0.5) is 0 Å². The average Bonchev–Trinajstić information content (AvgIpc) is 3.00. The molecule has 0 unspecified atom stereocenters. The minimum Gasteiger partial charge on any atom is -0.481 e. The summed E-state index contributed by atoms with van der Waals surface area (Å²) in [5.74, 6) is 5.63. The van der Waals surface area contributed by atoms with E-state index in [0.29, 0.717) is 24.6 Å².